The molecular formula is C30H45NO3Si2. The first-order valence-corrected chi connectivity index (χ1v) is 19.1. The van der Waals surface area contributed by atoms with Crippen LogP contribution in [0.15, 0.2) is 35.5 Å². The van der Waals surface area contributed by atoms with Crippen molar-refractivity contribution in [3.8, 4) is 0 Å². The van der Waals surface area contributed by atoms with Crippen molar-refractivity contribution in [2.24, 2.45) is 5.16 Å². The van der Waals surface area contributed by atoms with E-state index in [1.165, 1.54) is 33.0 Å². The van der Waals surface area contributed by atoms with Crippen molar-refractivity contribution in [2.45, 2.75) is 103 Å². The molecule has 0 fully saturated rings. The van der Waals surface area contributed by atoms with Gasteiger partial charge >= 0.3 is 0 Å². The summed E-state index contributed by atoms with van der Waals surface area (Å²) in [7, 11) is -2.43. The summed E-state index contributed by atoms with van der Waals surface area (Å²) >= 11 is 0. The molecule has 2 atom stereocenters. The molecule has 0 spiro atoms. The normalized spacial score (nSPS) is 21.7. The highest BCUT2D eigenvalue weighted by Crippen LogP contribution is 2.47. The van der Waals surface area contributed by atoms with Crippen LogP contribution in [0.2, 0.25) is 36.3 Å². The molecule has 0 saturated heterocycles. The van der Waals surface area contributed by atoms with Gasteiger partial charge in [0.2, 0.25) is 0 Å². The number of oxime groups is 1. The fourth-order valence-corrected chi connectivity index (χ4v) is 7.26. The maximum atomic E-state index is 7.18. The van der Waals surface area contributed by atoms with Crippen LogP contribution < -0.4 is 0 Å². The van der Waals surface area contributed by atoms with E-state index in [0.29, 0.717) is 0 Å². The molecule has 2 aliphatic rings. The van der Waals surface area contributed by atoms with Crippen molar-refractivity contribution < 1.29 is 13.7 Å². The molecule has 0 aliphatic heterocycles. The minimum absolute atomic E-state index is 0.0835. The second-order valence-electron chi connectivity index (χ2n) is 13.5. The molecule has 0 saturated carbocycles. The Labute approximate surface area is 220 Å². The van der Waals surface area contributed by atoms with Gasteiger partial charge in [0, 0.05) is 5.56 Å². The van der Waals surface area contributed by atoms with Crippen LogP contribution in [-0.4, -0.2) is 35.6 Å². The zero-order valence-electron chi connectivity index (χ0n) is 24.2. The smallest absolute Gasteiger partial charge is 0.193 e. The van der Waals surface area contributed by atoms with Gasteiger partial charge in [-0.3, -0.25) is 0 Å². The number of benzene rings is 2. The fraction of sp³-hybridized carbons (Fsp3) is 0.567. The van der Waals surface area contributed by atoms with E-state index < -0.39 is 16.6 Å². The molecule has 2 unspecified atom stereocenters. The van der Waals surface area contributed by atoms with Crippen molar-refractivity contribution >= 4 is 39.2 Å². The lowest BCUT2D eigenvalue weighted by Crippen LogP contribution is -2.49. The highest BCUT2D eigenvalue weighted by atomic mass is 28.4. The van der Waals surface area contributed by atoms with Gasteiger partial charge in [0.15, 0.2) is 16.6 Å². The molecule has 0 radical (unpaired) electrons. The third-order valence-electron chi connectivity index (χ3n) is 9.03. The maximum Gasteiger partial charge on any atom is 0.193 e. The van der Waals surface area contributed by atoms with Crippen LogP contribution in [0.5, 0.6) is 0 Å². The maximum absolute atomic E-state index is 7.18. The Hall–Kier alpha value is -1.74. The highest BCUT2D eigenvalue weighted by molar-refractivity contribution is 6.74. The van der Waals surface area contributed by atoms with Crippen LogP contribution >= 0.6 is 0 Å². The largest absolute Gasteiger partial charge is 0.408 e. The molecule has 36 heavy (non-hydrogen) atoms. The number of hydrogen-bond donors (Lipinski definition) is 0. The summed E-state index contributed by atoms with van der Waals surface area (Å²) in [6.07, 6.45) is 6.29. The van der Waals surface area contributed by atoms with E-state index in [4.69, 9.17) is 13.7 Å². The molecule has 0 heterocycles. The first-order chi connectivity index (χ1) is 16.6. The Morgan fingerprint density at radius 2 is 1.42 bits per heavy atom. The minimum atomic E-state index is -2.05. The van der Waals surface area contributed by atoms with E-state index in [1.54, 1.807) is 7.11 Å². The summed E-state index contributed by atoms with van der Waals surface area (Å²) < 4.78 is 14.2. The van der Waals surface area contributed by atoms with Gasteiger partial charge in [-0.1, -0.05) is 83.1 Å². The Balaban J connectivity index is 1.84. The lowest BCUT2D eigenvalue weighted by atomic mass is 9.87. The fourth-order valence-electron chi connectivity index (χ4n) is 4.78. The van der Waals surface area contributed by atoms with Gasteiger partial charge in [0.05, 0.1) is 17.9 Å². The summed E-state index contributed by atoms with van der Waals surface area (Å²) in [5.74, 6) is 0. The summed E-state index contributed by atoms with van der Waals surface area (Å²) in [6, 6.07) is 9.07. The van der Waals surface area contributed by atoms with Crippen LogP contribution in [0, 0.1) is 0 Å². The van der Waals surface area contributed by atoms with Crippen molar-refractivity contribution in [2.75, 3.05) is 7.11 Å². The zero-order valence-corrected chi connectivity index (χ0v) is 26.2. The summed E-state index contributed by atoms with van der Waals surface area (Å²) in [5.41, 5.74) is 6.16. The molecule has 0 amide bonds. The number of aryl methyl sites for hydroxylation is 1. The first kappa shape index (κ1) is 27.3. The van der Waals surface area contributed by atoms with E-state index in [-0.39, 0.29) is 22.3 Å². The van der Waals surface area contributed by atoms with Gasteiger partial charge in [0.1, 0.15) is 7.11 Å². The second kappa shape index (κ2) is 9.23. The predicted molar refractivity (Wildman–Crippen MR) is 158 cm³/mol. The Morgan fingerprint density at radius 1 is 0.806 bits per heavy atom. The van der Waals surface area contributed by atoms with E-state index in [2.05, 4.69) is 109 Å². The first-order valence-electron chi connectivity index (χ1n) is 13.3. The Morgan fingerprint density at radius 3 is 2.03 bits per heavy atom. The average Bonchev–Trinajstić information content (AvgIpc) is 3.16. The molecule has 2 aromatic rings. The second-order valence-corrected chi connectivity index (χ2v) is 23.0. The van der Waals surface area contributed by atoms with Crippen LogP contribution in [0.25, 0.3) is 16.8 Å². The van der Waals surface area contributed by atoms with Crippen molar-refractivity contribution in [1.82, 2.24) is 0 Å². The summed E-state index contributed by atoms with van der Waals surface area (Å²) in [5, 5.41) is 7.12. The zero-order chi connectivity index (χ0) is 26.7. The monoisotopic (exact) mass is 523 g/mol. The average molecular weight is 524 g/mol. The standard InChI is InChI=1S/C30H45NO3Si2/c1-29(2,3)35(8,9)33-27-19-17-23-21-12-14-24-22(16-18-26(24)31-32-7)20(21)13-15-25(23)28(27)34-36(10,11)30(4,5)6/h12-15,17,19,27-28H,16,18H2,1-11H3. The SMILES string of the molecule is CON=C1CCc2c1ccc1c3c(ccc21)C(O[Si](C)(C)C(C)(C)C)C(O[Si](C)(C)C(C)(C)C)C=C3. The van der Waals surface area contributed by atoms with Gasteiger partial charge in [-0.15, -0.1) is 0 Å². The number of fused-ring (bicyclic) bond motifs is 5. The van der Waals surface area contributed by atoms with Gasteiger partial charge < -0.3 is 13.7 Å². The molecule has 0 N–H and O–H groups in total. The number of rotatable bonds is 5. The molecule has 6 heteroatoms. The molecule has 4 rings (SSSR count). The van der Waals surface area contributed by atoms with E-state index in [9.17, 15) is 0 Å². The molecule has 4 nitrogen and oxygen atoms in total. The van der Waals surface area contributed by atoms with Crippen molar-refractivity contribution in [3.05, 3.63) is 52.6 Å². The number of nitrogens with zero attached hydrogens (tertiary/aromatic N) is 1. The highest BCUT2D eigenvalue weighted by Gasteiger charge is 2.45. The molecule has 0 aromatic heterocycles. The van der Waals surface area contributed by atoms with E-state index >= 15 is 0 Å². The van der Waals surface area contributed by atoms with Crippen molar-refractivity contribution in [3.63, 3.8) is 0 Å². The topological polar surface area (TPSA) is 40.0 Å². The molecule has 0 bridgehead atoms. The Kier molecular flexibility index (Phi) is 7.00. The van der Waals surface area contributed by atoms with E-state index in [1.807, 2.05) is 0 Å². The number of hydrogen-bond acceptors (Lipinski definition) is 4. The van der Waals surface area contributed by atoms with Gasteiger partial charge in [-0.25, -0.2) is 0 Å². The molecule has 2 aromatic carbocycles. The lowest BCUT2D eigenvalue weighted by Gasteiger charge is -2.45. The lowest BCUT2D eigenvalue weighted by molar-refractivity contribution is 0.0618. The van der Waals surface area contributed by atoms with E-state index in [0.717, 1.165) is 18.6 Å². The van der Waals surface area contributed by atoms with Crippen LogP contribution in [0.3, 0.4) is 0 Å². The van der Waals surface area contributed by atoms with Gasteiger partial charge in [-0.2, -0.15) is 0 Å². The predicted octanol–water partition coefficient (Wildman–Crippen LogP) is 8.62. The summed E-state index contributed by atoms with van der Waals surface area (Å²) in [4.78, 5) is 5.10. The quantitative estimate of drug-likeness (QED) is 0.291. The van der Waals surface area contributed by atoms with Crippen LogP contribution in [0.4, 0.5) is 0 Å². The third-order valence-corrected chi connectivity index (χ3v) is 18.0. The molecule has 2 aliphatic carbocycles. The minimum Gasteiger partial charge on any atom is -0.408 e. The van der Waals surface area contributed by atoms with Crippen LogP contribution in [0.1, 0.15) is 76.3 Å². The molecule has 196 valence electrons. The van der Waals surface area contributed by atoms with Gasteiger partial charge in [-0.05, 0) is 76.6 Å². The molecular weight excluding hydrogens is 479 g/mol. The van der Waals surface area contributed by atoms with Crippen molar-refractivity contribution in [1.29, 1.82) is 0 Å². The third kappa shape index (κ3) is 4.78. The summed E-state index contributed by atoms with van der Waals surface area (Å²) in [6.45, 7) is 23.2. The Bertz CT molecular complexity index is 1220. The van der Waals surface area contributed by atoms with Gasteiger partial charge in [0.25, 0.3) is 0 Å². The van der Waals surface area contributed by atoms with Crippen LogP contribution in [-0.2, 0) is 20.1 Å².